The number of rotatable bonds is 9. The maximum Gasteiger partial charge on any atom is 0.268 e. The number of H-pyrrole nitrogens is 1. The molecule has 0 radical (unpaired) electrons. The summed E-state index contributed by atoms with van der Waals surface area (Å²) in [6.45, 7) is 8.19. The SMILES string of the molecule is CCCCC(NC(=O)c1[nH]c2c(c1C)C(=O)CC(C)(C)C2)C(=O)NCc1ccc(C(=O)N(C)C)cc1. The Kier molecular flexibility index (Phi) is 8.38. The van der Waals surface area contributed by atoms with E-state index in [1.807, 2.05) is 32.9 Å². The van der Waals surface area contributed by atoms with Crippen LogP contribution in [0.15, 0.2) is 24.3 Å². The molecular weight excluding hydrogens is 456 g/mol. The van der Waals surface area contributed by atoms with E-state index in [1.165, 1.54) is 4.90 Å². The first-order chi connectivity index (χ1) is 16.9. The van der Waals surface area contributed by atoms with Crippen molar-refractivity contribution in [2.75, 3.05) is 14.1 Å². The molecule has 2 aromatic rings. The van der Waals surface area contributed by atoms with Gasteiger partial charge in [0.1, 0.15) is 11.7 Å². The third-order valence-electron chi connectivity index (χ3n) is 6.67. The molecule has 3 rings (SSSR count). The standard InChI is InChI=1S/C28H38N4O4/c1-7-8-9-20(25(34)29-16-18-10-12-19(13-11-18)27(36)32(5)6)31-26(35)24-17(2)23-21(30-24)14-28(3,4)15-22(23)33/h10-13,20,30H,7-9,14-16H2,1-6H3,(H,29,34)(H,31,35). The van der Waals surface area contributed by atoms with Gasteiger partial charge < -0.3 is 20.5 Å². The van der Waals surface area contributed by atoms with Gasteiger partial charge >= 0.3 is 0 Å². The molecule has 1 unspecified atom stereocenters. The van der Waals surface area contributed by atoms with Crippen LogP contribution in [0.25, 0.3) is 0 Å². The number of amides is 3. The van der Waals surface area contributed by atoms with Gasteiger partial charge in [-0.25, -0.2) is 0 Å². The van der Waals surface area contributed by atoms with Crippen LogP contribution in [-0.4, -0.2) is 53.5 Å². The second kappa shape index (κ2) is 11.1. The molecule has 194 valence electrons. The Morgan fingerprint density at radius 3 is 2.39 bits per heavy atom. The monoisotopic (exact) mass is 494 g/mol. The minimum atomic E-state index is -0.695. The number of fused-ring (bicyclic) bond motifs is 1. The lowest BCUT2D eigenvalue weighted by molar-refractivity contribution is -0.123. The third-order valence-corrected chi connectivity index (χ3v) is 6.67. The first-order valence-corrected chi connectivity index (χ1v) is 12.6. The van der Waals surface area contributed by atoms with Crippen molar-refractivity contribution in [2.45, 2.75) is 72.4 Å². The number of Topliss-reactive ketones (excluding diaryl/α,β-unsaturated/α-hetero) is 1. The van der Waals surface area contributed by atoms with Crippen LogP contribution in [0.1, 0.15) is 94.5 Å². The molecule has 0 spiro atoms. The summed E-state index contributed by atoms with van der Waals surface area (Å²) >= 11 is 0. The quantitative estimate of drug-likeness (QED) is 0.492. The van der Waals surface area contributed by atoms with E-state index in [0.29, 0.717) is 41.6 Å². The maximum atomic E-state index is 13.2. The van der Waals surface area contributed by atoms with Gasteiger partial charge in [0.15, 0.2) is 5.78 Å². The minimum Gasteiger partial charge on any atom is -0.354 e. The van der Waals surface area contributed by atoms with Gasteiger partial charge in [0, 0.05) is 43.9 Å². The first kappa shape index (κ1) is 27.2. The summed E-state index contributed by atoms with van der Waals surface area (Å²) in [6.07, 6.45) is 3.33. The Morgan fingerprint density at radius 1 is 1.11 bits per heavy atom. The molecule has 1 atom stereocenters. The van der Waals surface area contributed by atoms with Crippen LogP contribution < -0.4 is 10.6 Å². The van der Waals surface area contributed by atoms with Crippen LogP contribution in [0.3, 0.4) is 0 Å². The first-order valence-electron chi connectivity index (χ1n) is 12.6. The van der Waals surface area contributed by atoms with Gasteiger partial charge in [-0.2, -0.15) is 0 Å². The Bertz CT molecular complexity index is 1150. The highest BCUT2D eigenvalue weighted by Gasteiger charge is 2.35. The smallest absolute Gasteiger partial charge is 0.268 e. The zero-order valence-corrected chi connectivity index (χ0v) is 22.2. The molecule has 1 aliphatic rings. The van der Waals surface area contributed by atoms with E-state index in [2.05, 4.69) is 15.6 Å². The predicted molar refractivity (Wildman–Crippen MR) is 139 cm³/mol. The number of aromatic amines is 1. The van der Waals surface area contributed by atoms with Crippen molar-refractivity contribution in [3.8, 4) is 0 Å². The molecule has 1 aromatic carbocycles. The Hall–Kier alpha value is -3.42. The molecule has 0 aliphatic heterocycles. The fourth-order valence-corrected chi connectivity index (χ4v) is 4.70. The lowest BCUT2D eigenvalue weighted by Gasteiger charge is -2.28. The summed E-state index contributed by atoms with van der Waals surface area (Å²) in [7, 11) is 3.40. The van der Waals surface area contributed by atoms with Crippen LogP contribution in [0.5, 0.6) is 0 Å². The summed E-state index contributed by atoms with van der Waals surface area (Å²) in [5.74, 6) is -0.682. The molecular formula is C28H38N4O4. The van der Waals surface area contributed by atoms with Crippen molar-refractivity contribution >= 4 is 23.5 Å². The average Bonchev–Trinajstić information content (AvgIpc) is 3.14. The van der Waals surface area contributed by atoms with Crippen molar-refractivity contribution in [1.29, 1.82) is 0 Å². The van der Waals surface area contributed by atoms with E-state index in [0.717, 1.165) is 24.1 Å². The van der Waals surface area contributed by atoms with Crippen LogP contribution in [0.4, 0.5) is 0 Å². The molecule has 0 bridgehead atoms. The van der Waals surface area contributed by atoms with E-state index >= 15 is 0 Å². The molecule has 3 N–H and O–H groups in total. The molecule has 0 fully saturated rings. The molecule has 1 aromatic heterocycles. The number of hydrogen-bond donors (Lipinski definition) is 3. The number of benzene rings is 1. The summed E-state index contributed by atoms with van der Waals surface area (Å²) < 4.78 is 0. The maximum absolute atomic E-state index is 13.2. The van der Waals surface area contributed by atoms with Crippen LogP contribution in [0, 0.1) is 12.3 Å². The molecule has 8 heteroatoms. The van der Waals surface area contributed by atoms with Crippen LogP contribution in [-0.2, 0) is 17.8 Å². The molecule has 0 saturated carbocycles. The van der Waals surface area contributed by atoms with Crippen molar-refractivity contribution in [1.82, 2.24) is 20.5 Å². The zero-order valence-electron chi connectivity index (χ0n) is 22.2. The second-order valence-corrected chi connectivity index (χ2v) is 10.7. The van der Waals surface area contributed by atoms with Crippen LogP contribution in [0.2, 0.25) is 0 Å². The number of hydrogen-bond acceptors (Lipinski definition) is 4. The lowest BCUT2D eigenvalue weighted by Crippen LogP contribution is -2.46. The highest BCUT2D eigenvalue weighted by molar-refractivity contribution is 6.05. The molecule has 3 amide bonds. The number of aromatic nitrogens is 1. The van der Waals surface area contributed by atoms with Crippen molar-refractivity contribution in [3.63, 3.8) is 0 Å². The number of ketones is 1. The fourth-order valence-electron chi connectivity index (χ4n) is 4.70. The number of carbonyl (C=O) groups excluding carboxylic acids is 4. The lowest BCUT2D eigenvalue weighted by atomic mass is 9.75. The molecule has 0 saturated heterocycles. The van der Waals surface area contributed by atoms with E-state index in [4.69, 9.17) is 0 Å². The van der Waals surface area contributed by atoms with Gasteiger partial charge in [-0.1, -0.05) is 45.7 Å². The summed E-state index contributed by atoms with van der Waals surface area (Å²) in [6, 6.07) is 6.39. The highest BCUT2D eigenvalue weighted by atomic mass is 16.2. The summed E-state index contributed by atoms with van der Waals surface area (Å²) in [4.78, 5) is 55.7. The number of carbonyl (C=O) groups is 4. The zero-order chi connectivity index (χ0) is 26.6. The normalized spacial score (nSPS) is 15.1. The Balaban J connectivity index is 1.69. The van der Waals surface area contributed by atoms with Gasteiger partial charge in [0.2, 0.25) is 5.91 Å². The van der Waals surface area contributed by atoms with Crippen LogP contribution >= 0.6 is 0 Å². The molecule has 36 heavy (non-hydrogen) atoms. The van der Waals surface area contributed by atoms with Gasteiger partial charge in [0.05, 0.1) is 0 Å². The average molecular weight is 495 g/mol. The van der Waals surface area contributed by atoms with E-state index in [1.54, 1.807) is 33.2 Å². The topological polar surface area (TPSA) is 111 Å². The summed E-state index contributed by atoms with van der Waals surface area (Å²) in [5.41, 5.74) is 3.68. The fraction of sp³-hybridized carbons (Fsp3) is 0.500. The van der Waals surface area contributed by atoms with E-state index < -0.39 is 6.04 Å². The number of unbranched alkanes of at least 4 members (excludes halogenated alkanes) is 1. The third kappa shape index (κ3) is 6.22. The van der Waals surface area contributed by atoms with Gasteiger partial charge in [-0.3, -0.25) is 19.2 Å². The summed E-state index contributed by atoms with van der Waals surface area (Å²) in [5, 5.41) is 5.79. The van der Waals surface area contributed by atoms with Crippen molar-refractivity contribution in [3.05, 3.63) is 57.9 Å². The van der Waals surface area contributed by atoms with E-state index in [9.17, 15) is 19.2 Å². The predicted octanol–water partition coefficient (Wildman–Crippen LogP) is 3.79. The molecule has 1 heterocycles. The second-order valence-electron chi connectivity index (χ2n) is 10.7. The highest BCUT2D eigenvalue weighted by Crippen LogP contribution is 2.36. The largest absolute Gasteiger partial charge is 0.354 e. The van der Waals surface area contributed by atoms with Crippen molar-refractivity contribution in [2.24, 2.45) is 5.41 Å². The number of nitrogens with zero attached hydrogens (tertiary/aromatic N) is 1. The Labute approximate surface area is 213 Å². The van der Waals surface area contributed by atoms with Gasteiger partial charge in [-0.05, 0) is 48.4 Å². The molecule has 1 aliphatic carbocycles. The van der Waals surface area contributed by atoms with Gasteiger partial charge in [0.25, 0.3) is 11.8 Å². The van der Waals surface area contributed by atoms with Crippen molar-refractivity contribution < 1.29 is 19.2 Å². The van der Waals surface area contributed by atoms with E-state index in [-0.39, 0.29) is 35.5 Å². The minimum absolute atomic E-state index is 0.0487. The number of nitrogens with one attached hydrogen (secondary N) is 3. The van der Waals surface area contributed by atoms with Gasteiger partial charge in [-0.15, -0.1) is 0 Å². The Morgan fingerprint density at radius 2 is 1.78 bits per heavy atom. The molecule has 8 nitrogen and oxygen atoms in total.